The van der Waals surface area contributed by atoms with Gasteiger partial charge in [0, 0.05) is 12.1 Å². The molecule has 118 valence electrons. The van der Waals surface area contributed by atoms with Crippen LogP contribution in [0.4, 0.5) is 18.9 Å². The van der Waals surface area contributed by atoms with E-state index in [2.05, 4.69) is 15.9 Å². The molecule has 0 saturated heterocycles. The minimum absolute atomic E-state index is 0. The minimum atomic E-state index is -4.50. The second-order valence-electron chi connectivity index (χ2n) is 4.12. The number of hydrogen-bond donors (Lipinski definition) is 0. The molecule has 0 aliphatic rings. The van der Waals surface area contributed by atoms with Crippen molar-refractivity contribution in [2.75, 3.05) is 0 Å². The van der Waals surface area contributed by atoms with E-state index < -0.39 is 16.7 Å². The Morgan fingerprint density at radius 2 is 1.83 bits per heavy atom. The van der Waals surface area contributed by atoms with Gasteiger partial charge in [-0.1, -0.05) is 11.6 Å². The van der Waals surface area contributed by atoms with Gasteiger partial charge in [0.25, 0.3) is 5.69 Å². The van der Waals surface area contributed by atoms with Crippen molar-refractivity contribution in [1.29, 1.82) is 0 Å². The van der Waals surface area contributed by atoms with Crippen LogP contribution in [0.5, 0.6) is 11.5 Å². The van der Waals surface area contributed by atoms with Crippen LogP contribution in [-0.4, -0.2) is 56.3 Å². The van der Waals surface area contributed by atoms with Crippen LogP contribution in [0.15, 0.2) is 40.9 Å². The van der Waals surface area contributed by atoms with Crippen molar-refractivity contribution in [3.8, 4) is 11.5 Å². The van der Waals surface area contributed by atoms with Gasteiger partial charge < -0.3 is 4.74 Å². The van der Waals surface area contributed by atoms with E-state index in [4.69, 9.17) is 16.3 Å². The molecule has 0 spiro atoms. The topological polar surface area (TPSA) is 52.4 Å². The zero-order valence-corrected chi connectivity index (χ0v) is 12.9. The Labute approximate surface area is 184 Å². The number of nitro groups is 1. The van der Waals surface area contributed by atoms with Gasteiger partial charge in [-0.2, -0.15) is 13.2 Å². The van der Waals surface area contributed by atoms with Crippen molar-refractivity contribution in [3.63, 3.8) is 0 Å². The molecule has 0 amide bonds. The standard InChI is InChI=1S/C13H6BrClF3NO3.K.H/c14-9-6-8(2-3-11(9)19(20)21)22-12-4-1-7(5-10(12)15)13(16,17)18;;/h1-6H;;. The average Bonchev–Trinajstić information content (AvgIpc) is 2.39. The van der Waals surface area contributed by atoms with Gasteiger partial charge in [0.1, 0.15) is 11.5 Å². The molecule has 0 unspecified atom stereocenters. The zero-order valence-electron chi connectivity index (χ0n) is 10.5. The summed E-state index contributed by atoms with van der Waals surface area (Å²) in [6.45, 7) is 0. The molecule has 0 radical (unpaired) electrons. The van der Waals surface area contributed by atoms with Gasteiger partial charge in [0.15, 0.2) is 0 Å². The summed E-state index contributed by atoms with van der Waals surface area (Å²) < 4.78 is 43.1. The van der Waals surface area contributed by atoms with Gasteiger partial charge in [-0.15, -0.1) is 0 Å². The quantitative estimate of drug-likeness (QED) is 0.379. The molecule has 4 nitrogen and oxygen atoms in total. The Hall–Kier alpha value is -0.164. The van der Waals surface area contributed by atoms with Crippen LogP contribution in [0.1, 0.15) is 5.56 Å². The fraction of sp³-hybridized carbons (Fsp3) is 0.0769. The van der Waals surface area contributed by atoms with E-state index in [1.54, 1.807) is 0 Å². The third-order valence-corrected chi connectivity index (χ3v) is 3.53. The van der Waals surface area contributed by atoms with Crippen molar-refractivity contribution >= 4 is 84.6 Å². The summed E-state index contributed by atoms with van der Waals surface area (Å²) in [7, 11) is 0. The van der Waals surface area contributed by atoms with Crippen LogP contribution < -0.4 is 4.74 Å². The maximum atomic E-state index is 12.5. The van der Waals surface area contributed by atoms with E-state index in [-0.39, 0.29) is 78.1 Å². The fourth-order valence-electron chi connectivity index (χ4n) is 1.59. The summed E-state index contributed by atoms with van der Waals surface area (Å²) in [5.41, 5.74) is -1.06. The molecule has 10 heteroatoms. The molecule has 0 fully saturated rings. The van der Waals surface area contributed by atoms with Crippen LogP contribution in [0.25, 0.3) is 0 Å². The number of hydrogen-bond acceptors (Lipinski definition) is 3. The van der Waals surface area contributed by atoms with Crippen molar-refractivity contribution in [2.24, 2.45) is 0 Å². The second-order valence-corrected chi connectivity index (χ2v) is 5.38. The van der Waals surface area contributed by atoms with Crippen LogP contribution >= 0.6 is 27.5 Å². The van der Waals surface area contributed by atoms with Gasteiger partial charge in [-0.25, -0.2) is 0 Å². The zero-order chi connectivity index (χ0) is 16.5. The number of halogens is 5. The van der Waals surface area contributed by atoms with E-state index in [0.717, 1.165) is 18.2 Å². The Morgan fingerprint density at radius 3 is 2.30 bits per heavy atom. The molecule has 23 heavy (non-hydrogen) atoms. The molecule has 0 N–H and O–H groups in total. The molecule has 2 aromatic carbocycles. The van der Waals surface area contributed by atoms with Crippen molar-refractivity contribution in [1.82, 2.24) is 0 Å². The van der Waals surface area contributed by atoms with Crippen molar-refractivity contribution in [2.45, 2.75) is 6.18 Å². The Kier molecular flexibility index (Phi) is 7.52. The average molecular weight is 437 g/mol. The van der Waals surface area contributed by atoms with E-state index in [1.165, 1.54) is 18.2 Å². The van der Waals surface area contributed by atoms with Gasteiger partial charge in [0.2, 0.25) is 0 Å². The number of rotatable bonds is 3. The summed E-state index contributed by atoms with van der Waals surface area (Å²) in [6.07, 6.45) is -4.50. The van der Waals surface area contributed by atoms with E-state index in [1.807, 2.05) is 0 Å². The molecule has 2 aromatic rings. The first kappa shape index (κ1) is 20.9. The molecule has 0 saturated carbocycles. The summed E-state index contributed by atoms with van der Waals surface area (Å²) in [5.74, 6) is 0.203. The molecule has 0 aromatic heterocycles. The predicted octanol–water partition coefficient (Wildman–Crippen LogP) is 5.17. The van der Waals surface area contributed by atoms with E-state index in [9.17, 15) is 23.3 Å². The molecular formula is C13H7BrClF3KNO3. The Balaban J connectivity index is 0.00000264. The SMILES string of the molecule is O=[N+]([O-])c1ccc(Oc2ccc(C(F)(F)F)cc2Cl)cc1Br.[KH]. The molecule has 2 rings (SSSR count). The Bertz CT molecular complexity index is 743. The number of alkyl halides is 3. The molecular weight excluding hydrogens is 430 g/mol. The van der Waals surface area contributed by atoms with Crippen LogP contribution in [0.3, 0.4) is 0 Å². The molecule has 0 heterocycles. The monoisotopic (exact) mass is 435 g/mol. The summed E-state index contributed by atoms with van der Waals surface area (Å²) in [5, 5.41) is 10.5. The number of benzene rings is 2. The van der Waals surface area contributed by atoms with Crippen molar-refractivity contribution in [3.05, 3.63) is 61.6 Å². The molecule has 0 aliphatic carbocycles. The van der Waals surface area contributed by atoms with Gasteiger partial charge in [0.05, 0.1) is 20.0 Å². The summed E-state index contributed by atoms with van der Waals surface area (Å²) in [6, 6.07) is 6.51. The molecule has 0 bridgehead atoms. The third kappa shape index (κ3) is 5.41. The fourth-order valence-corrected chi connectivity index (χ4v) is 2.31. The maximum absolute atomic E-state index is 12.5. The first-order valence-corrected chi connectivity index (χ1v) is 6.84. The Morgan fingerprint density at radius 1 is 1.17 bits per heavy atom. The number of nitrogens with zero attached hydrogens (tertiary/aromatic N) is 1. The third-order valence-electron chi connectivity index (χ3n) is 2.60. The van der Waals surface area contributed by atoms with Crippen molar-refractivity contribution < 1.29 is 22.8 Å². The van der Waals surface area contributed by atoms with E-state index in [0.29, 0.717) is 0 Å². The summed E-state index contributed by atoms with van der Waals surface area (Å²) >= 11 is 8.78. The predicted molar refractivity (Wildman–Crippen MR) is 84.5 cm³/mol. The van der Waals surface area contributed by atoms with Gasteiger partial charge >= 0.3 is 57.6 Å². The first-order valence-electron chi connectivity index (χ1n) is 5.67. The molecule has 0 aliphatic heterocycles. The summed E-state index contributed by atoms with van der Waals surface area (Å²) in [4.78, 5) is 10.1. The van der Waals surface area contributed by atoms with Crippen LogP contribution in [-0.2, 0) is 6.18 Å². The first-order chi connectivity index (χ1) is 10.2. The van der Waals surface area contributed by atoms with Crippen LogP contribution in [0, 0.1) is 10.1 Å². The molecule has 0 atom stereocenters. The van der Waals surface area contributed by atoms with Gasteiger partial charge in [-0.05, 0) is 40.2 Å². The number of ether oxygens (including phenoxy) is 1. The van der Waals surface area contributed by atoms with Gasteiger partial charge in [-0.3, -0.25) is 10.1 Å². The normalized spacial score (nSPS) is 10.8. The number of nitro benzene ring substituents is 1. The van der Waals surface area contributed by atoms with E-state index >= 15 is 0 Å². The second kappa shape index (κ2) is 8.28. The van der Waals surface area contributed by atoms with Crippen LogP contribution in [0.2, 0.25) is 5.02 Å².